The Morgan fingerprint density at radius 3 is 2.52 bits per heavy atom. The molecule has 1 aliphatic heterocycles. The molecule has 0 aliphatic carbocycles. The van der Waals surface area contributed by atoms with Crippen LogP contribution >= 0.6 is 0 Å². The highest BCUT2D eigenvalue weighted by atomic mass is 16.4. The molecule has 1 fully saturated rings. The van der Waals surface area contributed by atoms with Gasteiger partial charge in [0, 0.05) is 12.6 Å². The summed E-state index contributed by atoms with van der Waals surface area (Å²) in [6, 6.07) is 9.89. The normalized spacial score (nSPS) is 18.8. The highest BCUT2D eigenvalue weighted by molar-refractivity contribution is 5.73. The zero-order valence-corrected chi connectivity index (χ0v) is 14.6. The summed E-state index contributed by atoms with van der Waals surface area (Å²) in [4.78, 5) is 20.4. The number of carboxylic acid groups (broad SMARTS) is 2. The molecule has 1 unspecified atom stereocenters. The van der Waals surface area contributed by atoms with E-state index >= 15 is 0 Å². The zero-order chi connectivity index (χ0) is 18.5. The first-order chi connectivity index (χ1) is 12.0. The van der Waals surface area contributed by atoms with Crippen LogP contribution in [-0.4, -0.2) is 47.3 Å². The molecular formula is C19H29N2O4. The molecule has 1 aromatic rings. The van der Waals surface area contributed by atoms with Gasteiger partial charge in [0.15, 0.2) is 0 Å². The zero-order valence-electron chi connectivity index (χ0n) is 14.6. The maximum atomic E-state index is 11.5. The fraction of sp³-hybridized carbons (Fsp3) is 0.526. The quantitative estimate of drug-likeness (QED) is 0.628. The van der Waals surface area contributed by atoms with Crippen molar-refractivity contribution in [2.24, 2.45) is 0 Å². The van der Waals surface area contributed by atoms with Crippen molar-refractivity contribution < 1.29 is 19.8 Å². The lowest BCUT2D eigenvalue weighted by Gasteiger charge is -2.25. The molecular weight excluding hydrogens is 320 g/mol. The van der Waals surface area contributed by atoms with Gasteiger partial charge in [0.2, 0.25) is 0 Å². The number of carboxylic acids is 2. The SMILES string of the molecule is O=C(O)[C@H](CCc1ccccc1)NC1CCCCCNC1.[CH2]C(=O)O. The number of hydrogen-bond donors (Lipinski definition) is 4. The standard InChI is InChI=1S/C17H26N2O2.C2H3O2/c20-17(21)16(11-10-14-7-3-1-4-8-14)19-15-9-5-2-6-12-18-13-15;1-2(3)4/h1,3-4,7-8,15-16,18-19H,2,5-6,9-13H2,(H,20,21);1H2,(H,3,4)/t15?,16-;/m0./s1. The summed E-state index contributed by atoms with van der Waals surface area (Å²) in [7, 11) is 0. The Morgan fingerprint density at radius 2 is 1.88 bits per heavy atom. The predicted octanol–water partition coefficient (Wildman–Crippen LogP) is 2.10. The van der Waals surface area contributed by atoms with Gasteiger partial charge in [-0.1, -0.05) is 43.2 Å². The summed E-state index contributed by atoms with van der Waals surface area (Å²) in [6.07, 6.45) is 6.13. The van der Waals surface area contributed by atoms with E-state index in [1.54, 1.807) is 0 Å². The summed E-state index contributed by atoms with van der Waals surface area (Å²) < 4.78 is 0. The Hall–Kier alpha value is -1.92. The van der Waals surface area contributed by atoms with Crippen molar-refractivity contribution in [3.05, 3.63) is 42.8 Å². The maximum absolute atomic E-state index is 11.5. The van der Waals surface area contributed by atoms with Crippen LogP contribution in [0, 0.1) is 6.92 Å². The Morgan fingerprint density at radius 1 is 1.20 bits per heavy atom. The minimum Gasteiger partial charge on any atom is -0.481 e. The molecule has 6 nitrogen and oxygen atoms in total. The average Bonchev–Trinajstić information content (AvgIpc) is 2.53. The van der Waals surface area contributed by atoms with E-state index in [1.165, 1.54) is 24.8 Å². The van der Waals surface area contributed by atoms with Crippen LogP contribution in [0.3, 0.4) is 0 Å². The Bertz CT molecular complexity index is 495. The number of benzene rings is 1. The van der Waals surface area contributed by atoms with Crippen LogP contribution in [0.2, 0.25) is 0 Å². The van der Waals surface area contributed by atoms with E-state index in [4.69, 9.17) is 9.90 Å². The molecule has 139 valence electrons. The first-order valence-electron chi connectivity index (χ1n) is 8.77. The molecule has 1 aliphatic rings. The van der Waals surface area contributed by atoms with E-state index in [-0.39, 0.29) is 6.04 Å². The lowest BCUT2D eigenvalue weighted by Crippen LogP contribution is -2.48. The summed E-state index contributed by atoms with van der Waals surface area (Å²) in [6.45, 7) is 4.47. The van der Waals surface area contributed by atoms with E-state index in [2.05, 4.69) is 29.7 Å². The third-order valence-corrected chi connectivity index (χ3v) is 4.10. The molecule has 4 N–H and O–H groups in total. The van der Waals surface area contributed by atoms with Crippen molar-refractivity contribution in [3.63, 3.8) is 0 Å². The maximum Gasteiger partial charge on any atom is 0.320 e. The molecule has 1 aromatic carbocycles. The highest BCUT2D eigenvalue weighted by Gasteiger charge is 2.21. The van der Waals surface area contributed by atoms with Crippen LogP contribution in [0.5, 0.6) is 0 Å². The molecule has 2 atom stereocenters. The number of aryl methyl sites for hydroxylation is 1. The van der Waals surface area contributed by atoms with Gasteiger partial charge in [0.05, 0.1) is 6.92 Å². The van der Waals surface area contributed by atoms with E-state index < -0.39 is 18.0 Å². The number of aliphatic carboxylic acids is 2. The van der Waals surface area contributed by atoms with Crippen LogP contribution in [-0.2, 0) is 16.0 Å². The van der Waals surface area contributed by atoms with Gasteiger partial charge in [0.25, 0.3) is 0 Å². The van der Waals surface area contributed by atoms with Crippen molar-refractivity contribution in [2.75, 3.05) is 13.1 Å². The molecule has 0 bridgehead atoms. The molecule has 1 heterocycles. The van der Waals surface area contributed by atoms with Crippen molar-refractivity contribution in [2.45, 2.75) is 50.6 Å². The van der Waals surface area contributed by atoms with Gasteiger partial charge in [-0.05, 0) is 37.8 Å². The minimum absolute atomic E-state index is 0.266. The van der Waals surface area contributed by atoms with Crippen LogP contribution in [0.4, 0.5) is 0 Å². The first kappa shape index (κ1) is 21.1. The minimum atomic E-state index is -1.08. The molecule has 25 heavy (non-hydrogen) atoms. The van der Waals surface area contributed by atoms with Crippen molar-refractivity contribution >= 4 is 11.9 Å². The van der Waals surface area contributed by atoms with E-state index in [0.29, 0.717) is 6.42 Å². The molecule has 0 spiro atoms. The molecule has 2 rings (SSSR count). The average molecular weight is 349 g/mol. The van der Waals surface area contributed by atoms with Crippen LogP contribution in [0.25, 0.3) is 0 Å². The molecule has 0 aromatic heterocycles. The van der Waals surface area contributed by atoms with Crippen molar-refractivity contribution in [3.8, 4) is 0 Å². The Kier molecular flexibility index (Phi) is 10.5. The van der Waals surface area contributed by atoms with Gasteiger partial charge in [-0.25, -0.2) is 0 Å². The monoisotopic (exact) mass is 349 g/mol. The Labute approximate surface area is 149 Å². The van der Waals surface area contributed by atoms with Gasteiger partial charge in [-0.3, -0.25) is 9.59 Å². The second-order valence-electron chi connectivity index (χ2n) is 6.23. The van der Waals surface area contributed by atoms with Gasteiger partial charge < -0.3 is 20.8 Å². The van der Waals surface area contributed by atoms with Gasteiger partial charge in [-0.15, -0.1) is 0 Å². The number of hydrogen-bond acceptors (Lipinski definition) is 4. The predicted molar refractivity (Wildman–Crippen MR) is 97.4 cm³/mol. The smallest absolute Gasteiger partial charge is 0.320 e. The highest BCUT2D eigenvalue weighted by Crippen LogP contribution is 2.10. The van der Waals surface area contributed by atoms with Crippen LogP contribution < -0.4 is 10.6 Å². The topological polar surface area (TPSA) is 98.7 Å². The van der Waals surface area contributed by atoms with Gasteiger partial charge >= 0.3 is 11.9 Å². The van der Waals surface area contributed by atoms with Gasteiger partial charge in [-0.2, -0.15) is 0 Å². The number of carbonyl (C=O) groups is 2. The van der Waals surface area contributed by atoms with E-state index in [1.807, 2.05) is 18.2 Å². The summed E-state index contributed by atoms with van der Waals surface area (Å²) >= 11 is 0. The third kappa shape index (κ3) is 10.5. The van der Waals surface area contributed by atoms with Crippen LogP contribution in [0.1, 0.15) is 37.7 Å². The number of nitrogens with one attached hydrogen (secondary N) is 2. The molecule has 0 amide bonds. The lowest BCUT2D eigenvalue weighted by atomic mass is 10.0. The molecule has 1 saturated heterocycles. The second-order valence-corrected chi connectivity index (χ2v) is 6.23. The first-order valence-corrected chi connectivity index (χ1v) is 8.77. The lowest BCUT2D eigenvalue weighted by molar-refractivity contribution is -0.140. The Balaban J connectivity index is 0.000000705. The largest absolute Gasteiger partial charge is 0.481 e. The molecule has 6 heteroatoms. The summed E-state index contributed by atoms with van der Waals surface area (Å²) in [5.41, 5.74) is 1.20. The van der Waals surface area contributed by atoms with E-state index in [9.17, 15) is 9.90 Å². The van der Waals surface area contributed by atoms with Crippen molar-refractivity contribution in [1.29, 1.82) is 0 Å². The fourth-order valence-electron chi connectivity index (χ4n) is 2.86. The fourth-order valence-corrected chi connectivity index (χ4v) is 2.86. The summed E-state index contributed by atoms with van der Waals surface area (Å²) in [5.74, 6) is -1.83. The van der Waals surface area contributed by atoms with Gasteiger partial charge in [0.1, 0.15) is 6.04 Å². The number of rotatable bonds is 6. The van der Waals surface area contributed by atoms with Crippen LogP contribution in [0.15, 0.2) is 30.3 Å². The molecule has 1 radical (unpaired) electrons. The van der Waals surface area contributed by atoms with Crippen molar-refractivity contribution in [1.82, 2.24) is 10.6 Å². The van der Waals surface area contributed by atoms with E-state index in [0.717, 1.165) is 25.9 Å². The second kappa shape index (κ2) is 12.4. The molecule has 0 saturated carbocycles. The third-order valence-electron chi connectivity index (χ3n) is 4.10. The summed E-state index contributed by atoms with van der Waals surface area (Å²) in [5, 5.41) is 23.5.